The predicted molar refractivity (Wildman–Crippen MR) is 78.1 cm³/mol. The third-order valence-corrected chi connectivity index (χ3v) is 4.29. The third kappa shape index (κ3) is 3.27. The second kappa shape index (κ2) is 5.91. The molecule has 2 rings (SSSR count). The molecule has 0 unspecified atom stereocenters. The van der Waals surface area contributed by atoms with Crippen molar-refractivity contribution in [2.75, 3.05) is 0 Å². The van der Waals surface area contributed by atoms with Gasteiger partial charge in [0.15, 0.2) is 0 Å². The Morgan fingerprint density at radius 1 is 1.26 bits per heavy atom. The van der Waals surface area contributed by atoms with Gasteiger partial charge in [0.1, 0.15) is 5.75 Å². The topological polar surface area (TPSA) is 45.1 Å². The Kier molecular flexibility index (Phi) is 4.46. The Balaban J connectivity index is 2.29. The summed E-state index contributed by atoms with van der Waals surface area (Å²) in [6.45, 7) is 6.63. The zero-order valence-electron chi connectivity index (χ0n) is 12.3. The molecule has 0 saturated heterocycles. The summed E-state index contributed by atoms with van der Waals surface area (Å²) in [7, 11) is 0. The molecule has 1 aliphatic rings. The predicted octanol–water partition coefficient (Wildman–Crippen LogP) is 3.58. The van der Waals surface area contributed by atoms with Crippen molar-refractivity contribution in [1.82, 2.24) is 10.3 Å². The minimum atomic E-state index is -0.0950. The second-order valence-corrected chi connectivity index (χ2v) is 6.24. The number of hydrogen-bond acceptors (Lipinski definition) is 3. The van der Waals surface area contributed by atoms with Crippen molar-refractivity contribution in [3.05, 3.63) is 24.0 Å². The van der Waals surface area contributed by atoms with Crippen LogP contribution in [0.15, 0.2) is 18.3 Å². The number of nitrogens with one attached hydrogen (secondary N) is 1. The molecule has 0 radical (unpaired) electrons. The van der Waals surface area contributed by atoms with Crippen molar-refractivity contribution in [2.45, 2.75) is 64.5 Å². The number of pyridine rings is 1. The Morgan fingerprint density at radius 3 is 2.47 bits per heavy atom. The van der Waals surface area contributed by atoms with E-state index in [0.29, 0.717) is 12.0 Å². The lowest BCUT2D eigenvalue weighted by Gasteiger charge is -2.41. The van der Waals surface area contributed by atoms with E-state index in [1.165, 1.54) is 32.1 Å². The van der Waals surface area contributed by atoms with Crippen LogP contribution in [0.2, 0.25) is 0 Å². The van der Waals surface area contributed by atoms with E-state index in [1.807, 2.05) is 6.07 Å². The highest BCUT2D eigenvalue weighted by Gasteiger charge is 2.37. The maximum Gasteiger partial charge on any atom is 0.133 e. The first-order valence-electron chi connectivity index (χ1n) is 7.45. The van der Waals surface area contributed by atoms with Crippen molar-refractivity contribution in [3.8, 4) is 5.75 Å². The number of aromatic nitrogens is 1. The molecule has 2 N–H and O–H groups in total. The van der Waals surface area contributed by atoms with E-state index < -0.39 is 0 Å². The lowest BCUT2D eigenvalue weighted by atomic mass is 9.73. The van der Waals surface area contributed by atoms with Gasteiger partial charge in [0.05, 0.1) is 17.4 Å². The summed E-state index contributed by atoms with van der Waals surface area (Å²) >= 11 is 0. The van der Waals surface area contributed by atoms with Gasteiger partial charge in [-0.25, -0.2) is 0 Å². The van der Waals surface area contributed by atoms with Crippen LogP contribution in [0.3, 0.4) is 0 Å². The zero-order valence-corrected chi connectivity index (χ0v) is 12.3. The standard InChI is InChI=1S/C16H26N2O/c1-12(2)18-16(3,13-7-5-4-6-8-13)15-10-9-14(19)11-17-15/h9-13,18-19H,4-8H2,1-3H3/t16-/m1/s1. The van der Waals surface area contributed by atoms with Gasteiger partial charge in [0.2, 0.25) is 0 Å². The molecule has 0 aromatic carbocycles. The molecule has 1 heterocycles. The Morgan fingerprint density at radius 2 is 1.95 bits per heavy atom. The molecule has 0 spiro atoms. The van der Waals surface area contributed by atoms with E-state index in [9.17, 15) is 5.11 Å². The average Bonchev–Trinajstić information content (AvgIpc) is 2.39. The Bertz CT molecular complexity index is 396. The number of aromatic hydroxyl groups is 1. The molecule has 1 saturated carbocycles. The van der Waals surface area contributed by atoms with Crippen LogP contribution in [0.1, 0.15) is 58.6 Å². The van der Waals surface area contributed by atoms with Crippen LogP contribution in [0.4, 0.5) is 0 Å². The summed E-state index contributed by atoms with van der Waals surface area (Å²) in [5.41, 5.74) is 0.952. The third-order valence-electron chi connectivity index (χ3n) is 4.29. The van der Waals surface area contributed by atoms with Gasteiger partial charge in [-0.05, 0) is 51.7 Å². The molecule has 3 heteroatoms. The van der Waals surface area contributed by atoms with Gasteiger partial charge in [-0.3, -0.25) is 4.98 Å². The van der Waals surface area contributed by atoms with Crippen molar-refractivity contribution < 1.29 is 5.11 Å². The highest BCUT2D eigenvalue weighted by atomic mass is 16.3. The van der Waals surface area contributed by atoms with Crippen molar-refractivity contribution in [1.29, 1.82) is 0 Å². The normalized spacial score (nSPS) is 20.4. The van der Waals surface area contributed by atoms with Crippen LogP contribution in [0, 0.1) is 5.92 Å². The molecule has 1 aliphatic carbocycles. The number of rotatable bonds is 4. The SMILES string of the molecule is CC(C)N[C@@](C)(c1ccc(O)cn1)C1CCCCC1. The van der Waals surface area contributed by atoms with Gasteiger partial charge in [-0.2, -0.15) is 0 Å². The molecule has 1 atom stereocenters. The number of nitrogens with zero attached hydrogens (tertiary/aromatic N) is 1. The maximum absolute atomic E-state index is 9.43. The summed E-state index contributed by atoms with van der Waals surface area (Å²) in [4.78, 5) is 4.47. The number of hydrogen-bond donors (Lipinski definition) is 2. The highest BCUT2D eigenvalue weighted by molar-refractivity contribution is 5.24. The molecular weight excluding hydrogens is 236 g/mol. The fourth-order valence-electron chi connectivity index (χ4n) is 3.37. The highest BCUT2D eigenvalue weighted by Crippen LogP contribution is 2.39. The van der Waals surface area contributed by atoms with Crippen molar-refractivity contribution in [2.24, 2.45) is 5.92 Å². The summed E-state index contributed by atoms with van der Waals surface area (Å²) in [5.74, 6) is 0.861. The van der Waals surface area contributed by atoms with Gasteiger partial charge >= 0.3 is 0 Å². The lowest BCUT2D eigenvalue weighted by molar-refractivity contribution is 0.161. The van der Waals surface area contributed by atoms with Crippen LogP contribution in [-0.4, -0.2) is 16.1 Å². The summed E-state index contributed by atoms with van der Waals surface area (Å²) in [5, 5.41) is 13.1. The van der Waals surface area contributed by atoms with Crippen LogP contribution >= 0.6 is 0 Å². The first-order chi connectivity index (χ1) is 9.02. The van der Waals surface area contributed by atoms with E-state index in [0.717, 1.165) is 5.69 Å². The summed E-state index contributed by atoms with van der Waals surface area (Å²) < 4.78 is 0. The smallest absolute Gasteiger partial charge is 0.133 e. The molecule has 0 amide bonds. The van der Waals surface area contributed by atoms with Crippen LogP contribution in [0.25, 0.3) is 0 Å². The van der Waals surface area contributed by atoms with E-state index in [1.54, 1.807) is 12.3 Å². The average molecular weight is 262 g/mol. The zero-order chi connectivity index (χ0) is 13.9. The molecule has 1 aromatic heterocycles. The van der Waals surface area contributed by atoms with Gasteiger partial charge in [-0.15, -0.1) is 0 Å². The van der Waals surface area contributed by atoms with Gasteiger partial charge in [0.25, 0.3) is 0 Å². The van der Waals surface area contributed by atoms with E-state index in [-0.39, 0.29) is 11.3 Å². The fraction of sp³-hybridized carbons (Fsp3) is 0.688. The quantitative estimate of drug-likeness (QED) is 0.871. The van der Waals surface area contributed by atoms with E-state index in [4.69, 9.17) is 0 Å². The van der Waals surface area contributed by atoms with Crippen LogP contribution < -0.4 is 5.32 Å². The molecule has 1 aromatic rings. The first kappa shape index (κ1) is 14.3. The Hall–Kier alpha value is -1.09. The molecule has 106 valence electrons. The molecular formula is C16H26N2O. The van der Waals surface area contributed by atoms with Crippen molar-refractivity contribution >= 4 is 0 Å². The molecule has 3 nitrogen and oxygen atoms in total. The molecule has 1 fully saturated rings. The van der Waals surface area contributed by atoms with Crippen LogP contribution in [0.5, 0.6) is 5.75 Å². The molecule has 0 bridgehead atoms. The Labute approximate surface area is 116 Å². The second-order valence-electron chi connectivity index (χ2n) is 6.24. The van der Waals surface area contributed by atoms with E-state index >= 15 is 0 Å². The van der Waals surface area contributed by atoms with Crippen molar-refractivity contribution in [3.63, 3.8) is 0 Å². The first-order valence-corrected chi connectivity index (χ1v) is 7.45. The largest absolute Gasteiger partial charge is 0.506 e. The monoisotopic (exact) mass is 262 g/mol. The van der Waals surface area contributed by atoms with Gasteiger partial charge < -0.3 is 10.4 Å². The van der Waals surface area contributed by atoms with Gasteiger partial charge in [-0.1, -0.05) is 19.3 Å². The lowest BCUT2D eigenvalue weighted by Crippen LogP contribution is -2.50. The summed E-state index contributed by atoms with van der Waals surface area (Å²) in [6, 6.07) is 4.12. The van der Waals surface area contributed by atoms with Gasteiger partial charge in [0, 0.05) is 6.04 Å². The minimum absolute atomic E-state index is 0.0950. The van der Waals surface area contributed by atoms with Crippen LogP contribution in [-0.2, 0) is 5.54 Å². The van der Waals surface area contributed by atoms with E-state index in [2.05, 4.69) is 31.1 Å². The maximum atomic E-state index is 9.43. The molecule has 19 heavy (non-hydrogen) atoms. The fourth-order valence-corrected chi connectivity index (χ4v) is 3.37. The summed E-state index contributed by atoms with van der Waals surface area (Å²) in [6.07, 6.45) is 8.07. The molecule has 0 aliphatic heterocycles. The minimum Gasteiger partial charge on any atom is -0.506 e.